The molecule has 0 bridgehead atoms. The molecule has 0 saturated heterocycles. The summed E-state index contributed by atoms with van der Waals surface area (Å²) in [6, 6.07) is 5.03. The van der Waals surface area contributed by atoms with Gasteiger partial charge in [-0.15, -0.1) is 0 Å². The summed E-state index contributed by atoms with van der Waals surface area (Å²) in [5.41, 5.74) is 0.931. The maximum absolute atomic E-state index is 13.5. The van der Waals surface area contributed by atoms with Gasteiger partial charge in [0.25, 0.3) is 0 Å². The number of rotatable bonds is 4. The third-order valence-corrected chi connectivity index (χ3v) is 2.21. The van der Waals surface area contributed by atoms with Crippen LogP contribution in [0, 0.1) is 12.7 Å². The molecule has 0 aliphatic carbocycles. The van der Waals surface area contributed by atoms with Gasteiger partial charge in [-0.2, -0.15) is 0 Å². The summed E-state index contributed by atoms with van der Waals surface area (Å²) in [5.74, 6) is -0.596. The first kappa shape index (κ1) is 18.6. The van der Waals surface area contributed by atoms with Crippen molar-refractivity contribution >= 4 is 5.97 Å². The van der Waals surface area contributed by atoms with Crippen LogP contribution in [-0.2, 0) is 16.1 Å². The summed E-state index contributed by atoms with van der Waals surface area (Å²) in [6.07, 6.45) is 0. The number of esters is 1. The lowest BCUT2D eigenvalue weighted by Crippen LogP contribution is -2.31. The van der Waals surface area contributed by atoms with Gasteiger partial charge in [-0.1, -0.05) is 26.0 Å². The van der Waals surface area contributed by atoms with Crippen molar-refractivity contribution in [2.75, 3.05) is 6.54 Å². The molecule has 0 saturated carbocycles. The zero-order valence-corrected chi connectivity index (χ0v) is 13.3. The highest BCUT2D eigenvalue weighted by Gasteiger charge is 2.15. The summed E-state index contributed by atoms with van der Waals surface area (Å²) in [4.78, 5) is 11.4. The summed E-state index contributed by atoms with van der Waals surface area (Å²) in [7, 11) is 0. The first-order chi connectivity index (χ1) is 9.28. The van der Waals surface area contributed by atoms with Gasteiger partial charge in [-0.25, -0.2) is 4.39 Å². The quantitative estimate of drug-likeness (QED) is 0.858. The van der Waals surface area contributed by atoms with E-state index >= 15 is 0 Å². The number of halogens is 1. The zero-order valence-electron chi connectivity index (χ0n) is 13.3. The molecule has 0 unspecified atom stereocenters. The second kappa shape index (κ2) is 8.69. The van der Waals surface area contributed by atoms with Gasteiger partial charge in [0.15, 0.2) is 0 Å². The highest BCUT2D eigenvalue weighted by Crippen LogP contribution is 2.09. The van der Waals surface area contributed by atoms with E-state index in [0.717, 1.165) is 5.56 Å². The SMILES string of the molecule is CC.Cc1ccc(CNCC(=O)OC(C)(C)C)c(F)c1. The minimum Gasteiger partial charge on any atom is -0.459 e. The number of benzene rings is 1. The normalized spacial score (nSPS) is 10.6. The molecule has 0 aliphatic rings. The molecule has 0 atom stereocenters. The van der Waals surface area contributed by atoms with Crippen molar-refractivity contribution in [1.82, 2.24) is 5.32 Å². The number of hydrogen-bond acceptors (Lipinski definition) is 3. The fourth-order valence-electron chi connectivity index (χ4n) is 1.47. The number of carbonyl (C=O) groups excluding carboxylic acids is 1. The smallest absolute Gasteiger partial charge is 0.320 e. The van der Waals surface area contributed by atoms with Crippen molar-refractivity contribution in [3.63, 3.8) is 0 Å². The summed E-state index contributed by atoms with van der Waals surface area (Å²) >= 11 is 0. The van der Waals surface area contributed by atoms with Gasteiger partial charge in [0, 0.05) is 12.1 Å². The lowest BCUT2D eigenvalue weighted by molar-refractivity contribution is -0.153. The van der Waals surface area contributed by atoms with Crippen LogP contribution in [0.4, 0.5) is 4.39 Å². The van der Waals surface area contributed by atoms with Crippen LogP contribution in [-0.4, -0.2) is 18.1 Å². The zero-order chi connectivity index (χ0) is 15.8. The molecule has 1 N–H and O–H groups in total. The molecule has 20 heavy (non-hydrogen) atoms. The monoisotopic (exact) mass is 283 g/mol. The molecular formula is C16H26FNO2. The third kappa shape index (κ3) is 7.89. The van der Waals surface area contributed by atoms with E-state index in [1.54, 1.807) is 6.07 Å². The Morgan fingerprint density at radius 2 is 1.90 bits per heavy atom. The Hall–Kier alpha value is -1.42. The summed E-state index contributed by atoms with van der Waals surface area (Å²) in [6.45, 7) is 11.6. The van der Waals surface area contributed by atoms with Crippen molar-refractivity contribution in [3.8, 4) is 0 Å². The molecule has 1 rings (SSSR count). The van der Waals surface area contributed by atoms with Crippen LogP contribution in [0.3, 0.4) is 0 Å². The molecule has 0 heterocycles. The first-order valence-corrected chi connectivity index (χ1v) is 6.95. The summed E-state index contributed by atoms with van der Waals surface area (Å²) < 4.78 is 18.6. The molecule has 0 radical (unpaired) electrons. The van der Waals surface area contributed by atoms with Crippen molar-refractivity contribution in [2.45, 2.75) is 53.7 Å². The Morgan fingerprint density at radius 3 is 2.40 bits per heavy atom. The molecule has 0 aliphatic heterocycles. The predicted molar refractivity (Wildman–Crippen MR) is 80.0 cm³/mol. The lowest BCUT2D eigenvalue weighted by atomic mass is 10.1. The highest BCUT2D eigenvalue weighted by atomic mass is 19.1. The maximum Gasteiger partial charge on any atom is 0.320 e. The Kier molecular flexibility index (Phi) is 8.07. The Labute approximate surface area is 121 Å². The molecular weight excluding hydrogens is 257 g/mol. The molecule has 0 fully saturated rings. The molecule has 0 amide bonds. The summed E-state index contributed by atoms with van der Waals surface area (Å²) in [5, 5.41) is 2.87. The van der Waals surface area contributed by atoms with Crippen LogP contribution in [0.2, 0.25) is 0 Å². The fraction of sp³-hybridized carbons (Fsp3) is 0.562. The van der Waals surface area contributed by atoms with Crippen LogP contribution in [0.5, 0.6) is 0 Å². The molecule has 0 aromatic heterocycles. The first-order valence-electron chi connectivity index (χ1n) is 6.95. The van der Waals surface area contributed by atoms with Crippen LogP contribution in [0.25, 0.3) is 0 Å². The van der Waals surface area contributed by atoms with E-state index in [-0.39, 0.29) is 18.3 Å². The van der Waals surface area contributed by atoms with Gasteiger partial charge in [0.1, 0.15) is 11.4 Å². The minimum atomic E-state index is -0.492. The second-order valence-corrected chi connectivity index (χ2v) is 5.28. The van der Waals surface area contributed by atoms with E-state index in [9.17, 15) is 9.18 Å². The van der Waals surface area contributed by atoms with Gasteiger partial charge in [-0.05, 0) is 39.3 Å². The molecule has 3 nitrogen and oxygen atoms in total. The van der Waals surface area contributed by atoms with E-state index in [4.69, 9.17) is 4.74 Å². The lowest BCUT2D eigenvalue weighted by Gasteiger charge is -2.19. The van der Waals surface area contributed by atoms with Crippen LogP contribution in [0.15, 0.2) is 18.2 Å². The van der Waals surface area contributed by atoms with Crippen molar-refractivity contribution < 1.29 is 13.9 Å². The average molecular weight is 283 g/mol. The van der Waals surface area contributed by atoms with Gasteiger partial charge >= 0.3 is 5.97 Å². The maximum atomic E-state index is 13.5. The number of ether oxygens (including phenoxy) is 1. The standard InChI is InChI=1S/C14H20FNO2.C2H6/c1-10-5-6-11(12(15)7-10)8-16-9-13(17)18-14(2,3)4;1-2/h5-7,16H,8-9H2,1-4H3;1-2H3. The van der Waals surface area contributed by atoms with Crippen molar-refractivity contribution in [3.05, 3.63) is 35.1 Å². The molecule has 1 aromatic carbocycles. The highest BCUT2D eigenvalue weighted by molar-refractivity contribution is 5.72. The second-order valence-electron chi connectivity index (χ2n) is 5.28. The number of nitrogens with one attached hydrogen (secondary N) is 1. The van der Waals surface area contributed by atoms with Gasteiger partial charge < -0.3 is 10.1 Å². The topological polar surface area (TPSA) is 38.3 Å². The Balaban J connectivity index is 0.00000172. The van der Waals surface area contributed by atoms with E-state index in [2.05, 4.69) is 5.32 Å². The van der Waals surface area contributed by atoms with Crippen molar-refractivity contribution in [2.24, 2.45) is 0 Å². The molecule has 0 spiro atoms. The van der Waals surface area contributed by atoms with Gasteiger partial charge in [0.2, 0.25) is 0 Å². The molecule has 114 valence electrons. The third-order valence-electron chi connectivity index (χ3n) is 2.21. The van der Waals surface area contributed by atoms with Crippen LogP contribution < -0.4 is 5.32 Å². The fourth-order valence-corrected chi connectivity index (χ4v) is 1.47. The Morgan fingerprint density at radius 1 is 1.30 bits per heavy atom. The number of aryl methyl sites for hydroxylation is 1. The predicted octanol–water partition coefficient (Wildman–Crippen LogP) is 3.59. The van der Waals surface area contributed by atoms with E-state index < -0.39 is 5.60 Å². The number of carbonyl (C=O) groups is 1. The van der Waals surface area contributed by atoms with E-state index in [1.165, 1.54) is 6.07 Å². The van der Waals surface area contributed by atoms with Gasteiger partial charge in [-0.3, -0.25) is 4.79 Å². The molecule has 1 aromatic rings. The van der Waals surface area contributed by atoms with Crippen molar-refractivity contribution in [1.29, 1.82) is 0 Å². The van der Waals surface area contributed by atoms with E-state index in [0.29, 0.717) is 12.1 Å². The number of hydrogen-bond donors (Lipinski definition) is 1. The molecule has 4 heteroatoms. The average Bonchev–Trinajstić information content (AvgIpc) is 2.32. The largest absolute Gasteiger partial charge is 0.459 e. The van der Waals surface area contributed by atoms with Gasteiger partial charge in [0.05, 0.1) is 6.54 Å². The van der Waals surface area contributed by atoms with Crippen LogP contribution >= 0.6 is 0 Å². The van der Waals surface area contributed by atoms with Crippen LogP contribution in [0.1, 0.15) is 45.7 Å². The van der Waals surface area contributed by atoms with E-state index in [1.807, 2.05) is 47.6 Å². The minimum absolute atomic E-state index is 0.0740. The Bertz CT molecular complexity index is 425.